The van der Waals surface area contributed by atoms with Crippen molar-refractivity contribution in [2.75, 3.05) is 17.5 Å². The van der Waals surface area contributed by atoms with Crippen LogP contribution in [0.4, 0.5) is 5.69 Å². The molecule has 0 fully saturated rings. The van der Waals surface area contributed by atoms with Crippen molar-refractivity contribution in [1.82, 2.24) is 4.90 Å². The lowest BCUT2D eigenvalue weighted by atomic mass is 10.1. The second-order valence-corrected chi connectivity index (χ2v) is 9.82. The molecule has 1 aliphatic rings. The molecule has 0 saturated carbocycles. The van der Waals surface area contributed by atoms with Crippen LogP contribution in [0.1, 0.15) is 34.1 Å². The Bertz CT molecular complexity index is 1350. The molecule has 10 heteroatoms. The Morgan fingerprint density at radius 2 is 1.49 bits per heavy atom. The largest absolute Gasteiger partial charge is 0.494 e. The first-order valence-corrected chi connectivity index (χ1v) is 12.6. The van der Waals surface area contributed by atoms with Crippen molar-refractivity contribution < 1.29 is 27.5 Å². The van der Waals surface area contributed by atoms with Gasteiger partial charge in [0.2, 0.25) is 5.91 Å². The fourth-order valence-corrected chi connectivity index (χ4v) is 5.30. The number of benzene rings is 3. The van der Waals surface area contributed by atoms with Gasteiger partial charge >= 0.3 is 0 Å². The van der Waals surface area contributed by atoms with Crippen LogP contribution >= 0.6 is 11.6 Å². The molecular formula is C25H21ClN2O6S. The number of anilines is 1. The number of ether oxygens (including phenoxy) is 1. The molecule has 0 unspecified atom stereocenters. The van der Waals surface area contributed by atoms with Gasteiger partial charge in [-0.2, -0.15) is 0 Å². The van der Waals surface area contributed by atoms with Gasteiger partial charge in [0.1, 0.15) is 5.75 Å². The lowest BCUT2D eigenvalue weighted by Crippen LogP contribution is -2.40. The molecular weight excluding hydrogens is 492 g/mol. The molecule has 3 aromatic rings. The number of carbonyl (C=O) groups is 3. The van der Waals surface area contributed by atoms with Crippen LogP contribution in [0, 0.1) is 0 Å². The highest BCUT2D eigenvalue weighted by Crippen LogP contribution is 2.28. The molecule has 3 amide bonds. The molecule has 35 heavy (non-hydrogen) atoms. The van der Waals surface area contributed by atoms with Crippen LogP contribution in [-0.4, -0.2) is 44.2 Å². The lowest BCUT2D eigenvalue weighted by molar-refractivity contribution is -0.117. The van der Waals surface area contributed by atoms with Crippen LogP contribution in [0.5, 0.6) is 5.75 Å². The van der Waals surface area contributed by atoms with E-state index in [1.165, 1.54) is 48.5 Å². The normalized spacial score (nSPS) is 13.0. The van der Waals surface area contributed by atoms with Gasteiger partial charge in [0, 0.05) is 18.0 Å². The van der Waals surface area contributed by atoms with E-state index in [1.54, 1.807) is 24.3 Å². The summed E-state index contributed by atoms with van der Waals surface area (Å²) in [6.45, 7) is 1.97. The number of amides is 3. The van der Waals surface area contributed by atoms with E-state index < -0.39 is 34.2 Å². The van der Waals surface area contributed by atoms with Gasteiger partial charge in [0.05, 0.1) is 28.3 Å². The molecule has 0 bridgehead atoms. The monoisotopic (exact) mass is 512 g/mol. The van der Waals surface area contributed by atoms with Gasteiger partial charge in [-0.05, 0) is 67.6 Å². The van der Waals surface area contributed by atoms with E-state index in [2.05, 4.69) is 0 Å². The maximum absolute atomic E-state index is 13.5. The molecule has 0 spiro atoms. The average molecular weight is 513 g/mol. The van der Waals surface area contributed by atoms with Crippen LogP contribution in [0.3, 0.4) is 0 Å². The third-order valence-electron chi connectivity index (χ3n) is 5.39. The Morgan fingerprint density at radius 1 is 0.914 bits per heavy atom. The molecule has 4 rings (SSSR count). The Balaban J connectivity index is 1.63. The van der Waals surface area contributed by atoms with Crippen LogP contribution in [0.25, 0.3) is 0 Å². The van der Waals surface area contributed by atoms with Gasteiger partial charge in [-0.1, -0.05) is 23.7 Å². The minimum atomic E-state index is -4.33. The highest BCUT2D eigenvalue weighted by molar-refractivity contribution is 7.93. The zero-order chi connectivity index (χ0) is 25.2. The van der Waals surface area contributed by atoms with Gasteiger partial charge in [-0.3, -0.25) is 19.3 Å². The van der Waals surface area contributed by atoms with Crippen molar-refractivity contribution in [3.8, 4) is 5.75 Å². The van der Waals surface area contributed by atoms with E-state index in [-0.39, 0.29) is 28.3 Å². The van der Waals surface area contributed by atoms with Crippen molar-refractivity contribution in [3.63, 3.8) is 0 Å². The summed E-state index contributed by atoms with van der Waals surface area (Å²) in [6.07, 6.45) is -0.397. The molecule has 3 aromatic carbocycles. The number of halogens is 1. The summed E-state index contributed by atoms with van der Waals surface area (Å²) in [5, 5.41) is 0.341. The van der Waals surface area contributed by atoms with Gasteiger partial charge in [0.15, 0.2) is 0 Å². The van der Waals surface area contributed by atoms with Crippen LogP contribution in [0.2, 0.25) is 5.02 Å². The molecule has 1 aliphatic heterocycles. The zero-order valence-corrected chi connectivity index (χ0v) is 20.3. The summed E-state index contributed by atoms with van der Waals surface area (Å²) in [4.78, 5) is 39.4. The summed E-state index contributed by atoms with van der Waals surface area (Å²) in [5.41, 5.74) is 0.597. The maximum Gasteiger partial charge on any atom is 0.270 e. The number of nitrogens with zero attached hydrogens (tertiary/aromatic N) is 2. The lowest BCUT2D eigenvalue weighted by Gasteiger charge is -2.24. The van der Waals surface area contributed by atoms with Crippen molar-refractivity contribution in [3.05, 3.63) is 88.9 Å². The molecule has 8 nitrogen and oxygen atoms in total. The molecule has 1 heterocycles. The third-order valence-corrected chi connectivity index (χ3v) is 7.40. The Labute approximate surface area is 207 Å². The SMILES string of the molecule is CCOc1ccc(N(C(=O)CCN2C(=O)c3ccccc3C2=O)S(=O)(=O)c2ccc(Cl)cc2)cc1. The zero-order valence-electron chi connectivity index (χ0n) is 18.7. The van der Waals surface area contributed by atoms with E-state index in [0.717, 1.165) is 4.90 Å². The molecule has 0 aromatic heterocycles. The highest BCUT2D eigenvalue weighted by atomic mass is 35.5. The number of carbonyl (C=O) groups excluding carboxylic acids is 3. The van der Waals surface area contributed by atoms with Gasteiger partial charge in [-0.25, -0.2) is 12.7 Å². The molecule has 0 N–H and O–H groups in total. The Hall–Kier alpha value is -3.69. The molecule has 0 atom stereocenters. The fourth-order valence-electron chi connectivity index (χ4n) is 3.72. The minimum absolute atomic E-state index is 0.0933. The average Bonchev–Trinajstić information content (AvgIpc) is 3.09. The number of rotatable bonds is 8. The van der Waals surface area contributed by atoms with Gasteiger partial charge in [0.25, 0.3) is 21.8 Å². The number of sulfonamides is 1. The molecule has 0 saturated heterocycles. The van der Waals surface area contributed by atoms with Gasteiger partial charge in [-0.15, -0.1) is 0 Å². The fraction of sp³-hybridized carbons (Fsp3) is 0.160. The minimum Gasteiger partial charge on any atom is -0.494 e. The first-order chi connectivity index (χ1) is 16.7. The van der Waals surface area contributed by atoms with Crippen molar-refractivity contribution in [2.45, 2.75) is 18.2 Å². The van der Waals surface area contributed by atoms with Gasteiger partial charge < -0.3 is 4.74 Å². The summed E-state index contributed by atoms with van der Waals surface area (Å²) in [7, 11) is -4.33. The van der Waals surface area contributed by atoms with Crippen LogP contribution in [-0.2, 0) is 14.8 Å². The summed E-state index contributed by atoms with van der Waals surface area (Å²) >= 11 is 5.90. The van der Waals surface area contributed by atoms with E-state index >= 15 is 0 Å². The number of imide groups is 1. The first-order valence-electron chi connectivity index (χ1n) is 10.8. The van der Waals surface area contributed by atoms with Crippen LogP contribution in [0.15, 0.2) is 77.7 Å². The summed E-state index contributed by atoms with van der Waals surface area (Å²) < 4.78 is 33.0. The van der Waals surface area contributed by atoms with E-state index in [0.29, 0.717) is 21.7 Å². The second kappa shape index (κ2) is 9.89. The highest BCUT2D eigenvalue weighted by Gasteiger charge is 2.37. The standard InChI is InChI=1S/C25H21ClN2O6S/c1-2-34-19-11-9-18(10-12-19)28(35(32,33)20-13-7-17(26)8-14-20)23(29)15-16-27-24(30)21-5-3-4-6-22(21)25(27)31/h3-14H,2,15-16H2,1H3. The number of fused-ring (bicyclic) bond motifs is 1. The van der Waals surface area contributed by atoms with E-state index in [1.807, 2.05) is 6.92 Å². The Morgan fingerprint density at radius 3 is 2.03 bits per heavy atom. The second-order valence-electron chi connectivity index (χ2n) is 7.60. The first kappa shape index (κ1) is 24.4. The Kier molecular flexibility index (Phi) is 6.90. The predicted octanol–water partition coefficient (Wildman–Crippen LogP) is 4.15. The third kappa shape index (κ3) is 4.78. The molecule has 0 aliphatic carbocycles. The molecule has 180 valence electrons. The predicted molar refractivity (Wildman–Crippen MR) is 130 cm³/mol. The van der Waals surface area contributed by atoms with E-state index in [9.17, 15) is 22.8 Å². The number of hydrogen-bond acceptors (Lipinski definition) is 6. The van der Waals surface area contributed by atoms with Crippen molar-refractivity contribution >= 4 is 45.0 Å². The van der Waals surface area contributed by atoms with Crippen molar-refractivity contribution in [2.24, 2.45) is 0 Å². The smallest absolute Gasteiger partial charge is 0.270 e. The van der Waals surface area contributed by atoms with E-state index in [4.69, 9.17) is 16.3 Å². The number of hydrogen-bond donors (Lipinski definition) is 0. The summed E-state index contributed by atoms with van der Waals surface area (Å²) in [6, 6.07) is 17.8. The van der Waals surface area contributed by atoms with Crippen molar-refractivity contribution in [1.29, 1.82) is 0 Å². The maximum atomic E-state index is 13.5. The summed E-state index contributed by atoms with van der Waals surface area (Å²) in [5.74, 6) is -1.34. The topological polar surface area (TPSA) is 101 Å². The van der Waals surface area contributed by atoms with Crippen LogP contribution < -0.4 is 9.04 Å². The molecule has 0 radical (unpaired) electrons. The quantitative estimate of drug-likeness (QED) is 0.420.